The van der Waals surface area contributed by atoms with Gasteiger partial charge in [0.15, 0.2) is 0 Å². The van der Waals surface area contributed by atoms with Crippen LogP contribution in [0.1, 0.15) is 5.56 Å². The smallest absolute Gasteiger partial charge is 0.0790 e. The van der Waals surface area contributed by atoms with Gasteiger partial charge in [-0.3, -0.25) is 0 Å². The van der Waals surface area contributed by atoms with E-state index in [1.165, 1.54) is 5.56 Å². The molecule has 1 atom stereocenters. The van der Waals surface area contributed by atoms with E-state index in [4.69, 9.17) is 16.3 Å². The predicted molar refractivity (Wildman–Crippen MR) is 70.2 cm³/mol. The summed E-state index contributed by atoms with van der Waals surface area (Å²) in [6.07, 6.45) is 0.348. The number of halogens is 1. The number of rotatable bonds is 4. The highest BCUT2D eigenvalue weighted by molar-refractivity contribution is 7.98. The van der Waals surface area contributed by atoms with E-state index in [9.17, 15) is 0 Å². The van der Waals surface area contributed by atoms with Crippen molar-refractivity contribution in [2.75, 3.05) is 25.4 Å². The number of morpholine rings is 1. The summed E-state index contributed by atoms with van der Waals surface area (Å²) in [4.78, 5) is 0. The first kappa shape index (κ1) is 12.2. The second kappa shape index (κ2) is 6.50. The molecule has 0 radical (unpaired) electrons. The zero-order valence-electron chi connectivity index (χ0n) is 9.12. The molecule has 1 heterocycles. The summed E-state index contributed by atoms with van der Waals surface area (Å²) in [6.45, 7) is 2.78. The van der Waals surface area contributed by atoms with E-state index in [1.807, 2.05) is 30.0 Å². The molecule has 0 saturated carbocycles. The van der Waals surface area contributed by atoms with Crippen LogP contribution >= 0.6 is 23.4 Å². The Bertz CT molecular complexity index is 329. The van der Waals surface area contributed by atoms with Crippen molar-refractivity contribution in [2.45, 2.75) is 11.9 Å². The molecule has 0 aromatic heterocycles. The number of hydrogen-bond acceptors (Lipinski definition) is 3. The van der Waals surface area contributed by atoms with E-state index >= 15 is 0 Å². The fraction of sp³-hybridized carbons (Fsp3) is 0.500. The molecule has 1 aromatic rings. The Balaban J connectivity index is 1.73. The van der Waals surface area contributed by atoms with Crippen LogP contribution in [0.5, 0.6) is 0 Å². The molecule has 1 N–H and O–H groups in total. The molecule has 0 amide bonds. The number of ether oxygens (including phenoxy) is 1. The number of thioether (sulfide) groups is 1. The van der Waals surface area contributed by atoms with Gasteiger partial charge in [-0.1, -0.05) is 29.8 Å². The van der Waals surface area contributed by atoms with Gasteiger partial charge in [0.25, 0.3) is 0 Å². The van der Waals surface area contributed by atoms with E-state index in [2.05, 4.69) is 11.4 Å². The molecule has 1 aromatic carbocycles. The average Bonchev–Trinajstić information content (AvgIpc) is 2.33. The minimum atomic E-state index is 0.348. The van der Waals surface area contributed by atoms with Gasteiger partial charge >= 0.3 is 0 Å². The molecular formula is C12H16ClNOS. The van der Waals surface area contributed by atoms with Crippen LogP contribution < -0.4 is 5.32 Å². The summed E-state index contributed by atoms with van der Waals surface area (Å²) in [5.74, 6) is 1.98. The van der Waals surface area contributed by atoms with Crippen molar-refractivity contribution in [3.8, 4) is 0 Å². The molecule has 1 aliphatic heterocycles. The van der Waals surface area contributed by atoms with Crippen molar-refractivity contribution in [1.29, 1.82) is 0 Å². The SMILES string of the molecule is Clc1ccccc1CSCC1CNCCO1. The highest BCUT2D eigenvalue weighted by atomic mass is 35.5. The molecule has 1 unspecified atom stereocenters. The Labute approximate surface area is 106 Å². The standard InChI is InChI=1S/C12H16ClNOS/c13-12-4-2-1-3-10(12)8-16-9-11-7-14-5-6-15-11/h1-4,11,14H,5-9H2. The van der Waals surface area contributed by atoms with Crippen LogP contribution in [0.15, 0.2) is 24.3 Å². The second-order valence-corrected chi connectivity index (χ2v) is 5.24. The lowest BCUT2D eigenvalue weighted by Gasteiger charge is -2.23. The third-order valence-electron chi connectivity index (χ3n) is 2.52. The van der Waals surface area contributed by atoms with Crippen LogP contribution in [-0.2, 0) is 10.5 Å². The second-order valence-electron chi connectivity index (χ2n) is 3.80. The van der Waals surface area contributed by atoms with Crippen LogP contribution in [0.2, 0.25) is 5.02 Å². The number of hydrogen-bond donors (Lipinski definition) is 1. The van der Waals surface area contributed by atoms with Crippen LogP contribution in [-0.4, -0.2) is 31.6 Å². The Morgan fingerprint density at radius 3 is 3.06 bits per heavy atom. The fourth-order valence-electron chi connectivity index (χ4n) is 1.64. The molecule has 4 heteroatoms. The van der Waals surface area contributed by atoms with Crippen molar-refractivity contribution < 1.29 is 4.74 Å². The Hall–Kier alpha value is -0.220. The molecule has 0 aliphatic carbocycles. The topological polar surface area (TPSA) is 21.3 Å². The van der Waals surface area contributed by atoms with Crippen molar-refractivity contribution in [3.63, 3.8) is 0 Å². The monoisotopic (exact) mass is 257 g/mol. The minimum absolute atomic E-state index is 0.348. The Morgan fingerprint density at radius 1 is 1.44 bits per heavy atom. The summed E-state index contributed by atoms with van der Waals surface area (Å²) in [6, 6.07) is 8.01. The lowest BCUT2D eigenvalue weighted by Crippen LogP contribution is -2.39. The van der Waals surface area contributed by atoms with Gasteiger partial charge in [0.05, 0.1) is 12.7 Å². The van der Waals surface area contributed by atoms with Gasteiger partial charge in [0, 0.05) is 29.6 Å². The van der Waals surface area contributed by atoms with E-state index in [1.54, 1.807) is 0 Å². The zero-order chi connectivity index (χ0) is 11.2. The molecule has 88 valence electrons. The van der Waals surface area contributed by atoms with Crippen molar-refractivity contribution in [1.82, 2.24) is 5.32 Å². The zero-order valence-corrected chi connectivity index (χ0v) is 10.7. The third-order valence-corrected chi connectivity index (χ3v) is 4.01. The maximum Gasteiger partial charge on any atom is 0.0790 e. The average molecular weight is 258 g/mol. The highest BCUT2D eigenvalue weighted by Crippen LogP contribution is 2.21. The normalized spacial score (nSPS) is 20.9. The Kier molecular flexibility index (Phi) is 4.97. The van der Waals surface area contributed by atoms with Gasteiger partial charge in [0.1, 0.15) is 0 Å². The third kappa shape index (κ3) is 3.67. The number of nitrogens with one attached hydrogen (secondary N) is 1. The minimum Gasteiger partial charge on any atom is -0.375 e. The molecule has 1 saturated heterocycles. The van der Waals surface area contributed by atoms with Crippen LogP contribution in [0.4, 0.5) is 0 Å². The van der Waals surface area contributed by atoms with Gasteiger partial charge in [-0.2, -0.15) is 11.8 Å². The molecule has 1 aliphatic rings. The first-order valence-corrected chi connectivity index (χ1v) is 7.03. The number of benzene rings is 1. The van der Waals surface area contributed by atoms with Gasteiger partial charge in [-0.05, 0) is 11.6 Å². The fourth-order valence-corrected chi connectivity index (χ4v) is 2.99. The van der Waals surface area contributed by atoms with Crippen molar-refractivity contribution in [2.24, 2.45) is 0 Å². The molecule has 2 nitrogen and oxygen atoms in total. The maximum absolute atomic E-state index is 6.09. The Morgan fingerprint density at radius 2 is 2.31 bits per heavy atom. The molecular weight excluding hydrogens is 242 g/mol. The quantitative estimate of drug-likeness (QED) is 0.896. The van der Waals surface area contributed by atoms with Gasteiger partial charge in [-0.25, -0.2) is 0 Å². The van der Waals surface area contributed by atoms with Gasteiger partial charge in [0.2, 0.25) is 0 Å². The van der Waals surface area contributed by atoms with E-state index in [-0.39, 0.29) is 0 Å². The van der Waals surface area contributed by atoms with E-state index < -0.39 is 0 Å². The molecule has 16 heavy (non-hydrogen) atoms. The highest BCUT2D eigenvalue weighted by Gasteiger charge is 2.13. The summed E-state index contributed by atoms with van der Waals surface area (Å²) < 4.78 is 5.63. The van der Waals surface area contributed by atoms with Crippen LogP contribution in [0, 0.1) is 0 Å². The van der Waals surface area contributed by atoms with Crippen molar-refractivity contribution in [3.05, 3.63) is 34.9 Å². The summed E-state index contributed by atoms with van der Waals surface area (Å²) >= 11 is 7.97. The van der Waals surface area contributed by atoms with E-state index in [0.29, 0.717) is 6.10 Å². The maximum atomic E-state index is 6.09. The first-order valence-electron chi connectivity index (χ1n) is 5.50. The summed E-state index contributed by atoms with van der Waals surface area (Å²) in [5, 5.41) is 4.19. The summed E-state index contributed by atoms with van der Waals surface area (Å²) in [7, 11) is 0. The molecule has 0 bridgehead atoms. The molecule has 1 fully saturated rings. The predicted octanol–water partition coefficient (Wildman–Crippen LogP) is 2.56. The van der Waals surface area contributed by atoms with Crippen LogP contribution in [0.25, 0.3) is 0 Å². The molecule has 0 spiro atoms. The lowest BCUT2D eigenvalue weighted by molar-refractivity contribution is 0.0441. The summed E-state index contributed by atoms with van der Waals surface area (Å²) in [5.41, 5.74) is 1.21. The first-order chi connectivity index (χ1) is 7.86. The lowest BCUT2D eigenvalue weighted by atomic mass is 10.2. The van der Waals surface area contributed by atoms with Crippen LogP contribution in [0.3, 0.4) is 0 Å². The van der Waals surface area contributed by atoms with Gasteiger partial charge < -0.3 is 10.1 Å². The molecule has 2 rings (SSSR count). The largest absolute Gasteiger partial charge is 0.375 e. The van der Waals surface area contributed by atoms with Gasteiger partial charge in [-0.15, -0.1) is 0 Å². The van der Waals surface area contributed by atoms with E-state index in [0.717, 1.165) is 36.2 Å². The van der Waals surface area contributed by atoms with Crippen molar-refractivity contribution >= 4 is 23.4 Å².